The molecule has 0 nitrogen and oxygen atoms in total. The quantitative estimate of drug-likeness (QED) is 0.0341. The number of rotatable bonds is 23. The number of hydrogen-bond donors (Lipinski definition) is 0. The topological polar surface area (TPSA) is 0 Å². The predicted molar refractivity (Wildman–Crippen MR) is 317 cm³/mol. The van der Waals surface area contributed by atoms with Gasteiger partial charge < -0.3 is 0 Å². The zero-order valence-corrected chi connectivity index (χ0v) is 50.1. The van der Waals surface area contributed by atoms with Gasteiger partial charge in [0.1, 0.15) is 0 Å². The third-order valence-electron chi connectivity index (χ3n) is 11.5. The summed E-state index contributed by atoms with van der Waals surface area (Å²) in [4.78, 5) is 0. The summed E-state index contributed by atoms with van der Waals surface area (Å²) in [6.45, 7) is 0. The monoisotopic (exact) mass is 1210 g/mol. The summed E-state index contributed by atoms with van der Waals surface area (Å²) in [7, 11) is 0. The summed E-state index contributed by atoms with van der Waals surface area (Å²) in [5.41, 5.74) is 16.0. The Morgan fingerprint density at radius 3 is 0.676 bits per heavy atom. The van der Waals surface area contributed by atoms with E-state index in [4.69, 9.17) is 133 Å². The van der Waals surface area contributed by atoms with Crippen LogP contribution in [0.5, 0.6) is 0 Å². The van der Waals surface area contributed by atoms with E-state index in [-0.39, 0.29) is 0 Å². The highest BCUT2D eigenvalue weighted by Gasteiger charge is 2.26. The van der Waals surface area contributed by atoms with Gasteiger partial charge in [-0.15, -0.1) is 133 Å². The van der Waals surface area contributed by atoms with Gasteiger partial charge in [0, 0.05) is 0 Å². The Balaban J connectivity index is 1.23. The van der Waals surface area contributed by atoms with Crippen molar-refractivity contribution < 1.29 is 0 Å². The van der Waals surface area contributed by atoms with Crippen LogP contribution in [0, 0.1) is 0 Å². The Kier molecular flexibility index (Phi) is 21.9. The fourth-order valence-corrected chi connectivity index (χ4v) is 15.0. The van der Waals surface area contributed by atoms with Crippen LogP contribution < -0.4 is 0 Å². The van der Waals surface area contributed by atoms with E-state index in [2.05, 4.69) is 158 Å². The average molecular weight is 1210 g/mol. The van der Waals surface area contributed by atoms with Gasteiger partial charge in [-0.25, -0.2) is 0 Å². The molecule has 0 amide bonds. The molecule has 6 aromatic rings. The Hall–Kier alpha value is -0.852. The van der Waals surface area contributed by atoms with Gasteiger partial charge in [-0.05, 0) is 166 Å². The van der Waals surface area contributed by atoms with Crippen molar-refractivity contribution in [2.75, 3.05) is 0 Å². The largest absolute Gasteiger partial charge is 0.341 e. The van der Waals surface area contributed by atoms with E-state index >= 15 is 0 Å². The van der Waals surface area contributed by atoms with E-state index in [0.29, 0.717) is 24.2 Å². The van der Waals surface area contributed by atoms with E-state index in [1.165, 1.54) is 22.3 Å². The van der Waals surface area contributed by atoms with Crippen molar-refractivity contribution in [1.82, 2.24) is 0 Å². The lowest BCUT2D eigenvalue weighted by Crippen LogP contribution is -2.08. The number of hydrogen-bond acceptors (Lipinski definition) is 0. The summed E-state index contributed by atoms with van der Waals surface area (Å²) >= 11 is 73.8. The normalized spacial score (nSPS) is 12.2. The van der Waals surface area contributed by atoms with Crippen LogP contribution in [-0.2, 0) is 25.7 Å². The molecular weight excluding hydrogens is 1160 g/mol. The minimum Gasteiger partial charge on any atom is -0.126 e. The smallest absolute Gasteiger partial charge is 0.126 e. The maximum Gasteiger partial charge on any atom is 0.341 e. The molecule has 0 fully saturated rings. The van der Waals surface area contributed by atoms with Gasteiger partial charge in [0.2, 0.25) is 0 Å². The minimum atomic E-state index is -2.65. The summed E-state index contributed by atoms with van der Waals surface area (Å²) in [5, 5.41) is 0. The maximum atomic E-state index is 6.15. The molecule has 0 aromatic heterocycles. The zero-order valence-electron chi connectivity index (χ0n) is 37.0. The fraction of sp³-hybridized carbons (Fsp3) is 0.231. The van der Waals surface area contributed by atoms with Crippen molar-refractivity contribution >= 4 is 180 Å². The SMILES string of the molecule is Cl[Si](Cl)(Cl)CCCc1ccc(C(=Cc2ccc(-c3ccc(C=C(c4ccc(CCC[Si](Cl)(Cl)Cl)cc4)c4ccc(CCC[Si](Cl)(Cl)Cl)cc4)cc3)cc2)c2ccc(CCC[Si](Cl)(Cl)Cl)cc2)cc1. The van der Waals surface area contributed by atoms with Crippen LogP contribution in [0.4, 0.5) is 0 Å². The first kappa shape index (κ1) is 56.4. The minimum absolute atomic E-state index is 0.638. The van der Waals surface area contributed by atoms with Crippen molar-refractivity contribution in [1.29, 1.82) is 0 Å². The molecule has 0 bridgehead atoms. The van der Waals surface area contributed by atoms with Crippen LogP contribution in [0.1, 0.15) is 81.3 Å². The number of benzene rings is 6. The number of halogens is 12. The van der Waals surface area contributed by atoms with E-state index < -0.39 is 24.0 Å². The predicted octanol–water partition coefficient (Wildman–Crippen LogP) is 20.9. The molecule has 0 spiro atoms. The Bertz CT molecular complexity index is 2240. The molecule has 6 aromatic carbocycles. The first-order chi connectivity index (χ1) is 32.1. The van der Waals surface area contributed by atoms with Gasteiger partial charge in [0.25, 0.3) is 0 Å². The molecule has 6 rings (SSSR count). The van der Waals surface area contributed by atoms with Crippen LogP contribution in [-0.4, -0.2) is 24.0 Å². The molecule has 0 aliphatic rings. The summed E-state index contributed by atoms with van der Waals surface area (Å²) in [6, 6.07) is 44.3. The second-order valence-electron chi connectivity index (χ2n) is 17.0. The van der Waals surface area contributed by atoms with E-state index in [1.807, 2.05) is 0 Å². The van der Waals surface area contributed by atoms with Crippen LogP contribution in [0.15, 0.2) is 146 Å². The highest BCUT2D eigenvalue weighted by molar-refractivity contribution is 7.66. The van der Waals surface area contributed by atoms with Gasteiger partial charge in [0.05, 0.1) is 0 Å². The van der Waals surface area contributed by atoms with Crippen LogP contribution in [0.25, 0.3) is 34.4 Å². The fourth-order valence-electron chi connectivity index (χ4n) is 7.92. The van der Waals surface area contributed by atoms with Gasteiger partial charge in [-0.3, -0.25) is 0 Å². The summed E-state index contributed by atoms with van der Waals surface area (Å²) < 4.78 is 0. The van der Waals surface area contributed by atoms with Crippen molar-refractivity contribution in [3.63, 3.8) is 0 Å². The van der Waals surface area contributed by atoms with Crippen molar-refractivity contribution in [3.8, 4) is 11.1 Å². The van der Waals surface area contributed by atoms with Crippen molar-refractivity contribution in [2.24, 2.45) is 0 Å². The highest BCUT2D eigenvalue weighted by atomic mass is 35.9. The molecule has 0 atom stereocenters. The molecule has 0 heterocycles. The molecule has 0 N–H and O–H groups in total. The highest BCUT2D eigenvalue weighted by Crippen LogP contribution is 2.34. The van der Waals surface area contributed by atoms with E-state index in [9.17, 15) is 0 Å². The van der Waals surface area contributed by atoms with Crippen molar-refractivity contribution in [2.45, 2.75) is 75.5 Å². The maximum absolute atomic E-state index is 6.15. The first-order valence-electron chi connectivity index (χ1n) is 22.4. The van der Waals surface area contributed by atoms with Gasteiger partial charge >= 0.3 is 24.0 Å². The molecule has 68 heavy (non-hydrogen) atoms. The van der Waals surface area contributed by atoms with E-state index in [0.717, 1.165) is 107 Å². The molecule has 0 aliphatic carbocycles. The lowest BCUT2D eigenvalue weighted by molar-refractivity contribution is 0.914. The Morgan fingerprint density at radius 2 is 0.485 bits per heavy atom. The molecule has 0 radical (unpaired) electrons. The average Bonchev–Trinajstić information content (AvgIpc) is 3.27. The molecule has 0 aliphatic heterocycles. The van der Waals surface area contributed by atoms with Crippen LogP contribution in [0.2, 0.25) is 24.2 Å². The third kappa shape index (κ3) is 20.2. The summed E-state index contributed by atoms with van der Waals surface area (Å²) in [5.74, 6) is 0. The second kappa shape index (κ2) is 26.4. The lowest BCUT2D eigenvalue weighted by atomic mass is 9.92. The Labute approximate surface area is 463 Å². The van der Waals surface area contributed by atoms with Crippen LogP contribution >= 0.6 is 133 Å². The van der Waals surface area contributed by atoms with Gasteiger partial charge in [0.15, 0.2) is 0 Å². The molecular formula is C52H50Cl12Si4. The second-order valence-corrected chi connectivity index (χ2v) is 54.1. The lowest BCUT2D eigenvalue weighted by Gasteiger charge is -2.13. The molecule has 0 saturated heterocycles. The standard InChI is InChI=1S/C52H50Cl12Si4/c53-65(54,55)33-1-5-39-9-25-47(26-10-39)51(48-27-11-40(12-28-48)6-2-34-66(56,57)58)37-43-17-21-45(22-18-43)46-23-19-44(20-24-46)38-52(49-29-13-41(14-30-49)7-3-35-67(59,60)61)50-31-15-42(16-32-50)8-4-36-68(62,63)64/h9-32,37-38H,1-8,33-36H2. The van der Waals surface area contributed by atoms with Gasteiger partial charge in [-0.2, -0.15) is 0 Å². The molecule has 16 heteroatoms. The Morgan fingerprint density at radius 1 is 0.279 bits per heavy atom. The van der Waals surface area contributed by atoms with Gasteiger partial charge in [-0.1, -0.05) is 146 Å². The zero-order chi connectivity index (χ0) is 49.0. The number of aryl methyl sites for hydroxylation is 4. The van der Waals surface area contributed by atoms with Crippen LogP contribution in [0.3, 0.4) is 0 Å². The molecule has 358 valence electrons. The molecule has 0 unspecified atom stereocenters. The van der Waals surface area contributed by atoms with Crippen molar-refractivity contribution in [3.05, 3.63) is 201 Å². The van der Waals surface area contributed by atoms with E-state index in [1.54, 1.807) is 0 Å². The molecule has 0 saturated carbocycles. The first-order valence-corrected chi connectivity index (χ1v) is 43.4. The third-order valence-corrected chi connectivity index (χ3v) is 22.0. The summed E-state index contributed by atoms with van der Waals surface area (Å²) in [6.07, 6.45) is 11.3.